The SMILES string of the molecule is C[C@H](CC#N)[C@H]1CCC2C(=CI)CCC[C@@]21C. The molecule has 17 heavy (non-hydrogen) atoms. The summed E-state index contributed by atoms with van der Waals surface area (Å²) in [5, 5.41) is 8.91. The third-order valence-electron chi connectivity index (χ3n) is 5.28. The second kappa shape index (κ2) is 5.30. The number of hydrogen-bond donors (Lipinski definition) is 0. The number of halogens is 1. The minimum Gasteiger partial charge on any atom is -0.198 e. The van der Waals surface area contributed by atoms with Crippen molar-refractivity contribution in [2.45, 2.75) is 52.4 Å². The van der Waals surface area contributed by atoms with E-state index in [2.05, 4.69) is 46.6 Å². The lowest BCUT2D eigenvalue weighted by molar-refractivity contribution is 0.0993. The van der Waals surface area contributed by atoms with Gasteiger partial charge in [0.15, 0.2) is 0 Å². The van der Waals surface area contributed by atoms with Gasteiger partial charge in [-0.05, 0) is 59.4 Å². The van der Waals surface area contributed by atoms with Crippen molar-refractivity contribution in [1.82, 2.24) is 0 Å². The van der Waals surface area contributed by atoms with Crippen molar-refractivity contribution in [3.63, 3.8) is 0 Å². The maximum absolute atomic E-state index is 8.91. The van der Waals surface area contributed by atoms with Crippen LogP contribution in [0.25, 0.3) is 0 Å². The molecule has 0 heterocycles. The zero-order valence-corrected chi connectivity index (χ0v) is 13.0. The van der Waals surface area contributed by atoms with Crippen molar-refractivity contribution in [3.8, 4) is 6.07 Å². The van der Waals surface area contributed by atoms with Crippen molar-refractivity contribution < 1.29 is 0 Å². The molecule has 2 aliphatic carbocycles. The molecule has 2 aliphatic rings. The molecule has 0 radical (unpaired) electrons. The normalized spacial score (nSPS) is 40.9. The van der Waals surface area contributed by atoms with Crippen LogP contribution >= 0.6 is 22.6 Å². The van der Waals surface area contributed by atoms with Gasteiger partial charge in [-0.15, -0.1) is 0 Å². The molecule has 0 amide bonds. The lowest BCUT2D eigenvalue weighted by atomic mass is 9.61. The Morgan fingerprint density at radius 3 is 3.00 bits per heavy atom. The first-order valence-corrected chi connectivity index (χ1v) is 8.04. The molecule has 2 fully saturated rings. The molecule has 0 spiro atoms. The second-order valence-corrected chi connectivity index (χ2v) is 6.74. The monoisotopic (exact) mass is 343 g/mol. The van der Waals surface area contributed by atoms with Gasteiger partial charge in [0.05, 0.1) is 6.07 Å². The van der Waals surface area contributed by atoms with E-state index < -0.39 is 0 Å². The molecule has 0 aliphatic heterocycles. The van der Waals surface area contributed by atoms with Crippen LogP contribution in [0.3, 0.4) is 0 Å². The van der Waals surface area contributed by atoms with Crippen LogP contribution in [-0.2, 0) is 0 Å². The highest BCUT2D eigenvalue weighted by Crippen LogP contribution is 2.59. The first kappa shape index (κ1) is 13.4. The minimum atomic E-state index is 0.478. The molecule has 2 saturated carbocycles. The van der Waals surface area contributed by atoms with E-state index in [0.29, 0.717) is 11.3 Å². The van der Waals surface area contributed by atoms with Gasteiger partial charge in [-0.25, -0.2) is 0 Å². The van der Waals surface area contributed by atoms with Crippen LogP contribution in [0.1, 0.15) is 52.4 Å². The summed E-state index contributed by atoms with van der Waals surface area (Å²) < 4.78 is 2.33. The zero-order chi connectivity index (χ0) is 12.5. The van der Waals surface area contributed by atoms with Crippen LogP contribution in [0, 0.1) is 34.5 Å². The molecule has 0 aromatic carbocycles. The van der Waals surface area contributed by atoms with E-state index in [4.69, 9.17) is 5.26 Å². The molecular formula is C15H22IN. The molecule has 0 N–H and O–H groups in total. The maximum atomic E-state index is 8.91. The van der Waals surface area contributed by atoms with Crippen LogP contribution in [0.4, 0.5) is 0 Å². The Bertz CT molecular complexity index is 354. The molecular weight excluding hydrogens is 321 g/mol. The Hall–Kier alpha value is -0.0400. The molecule has 0 bridgehead atoms. The predicted molar refractivity (Wildman–Crippen MR) is 79.7 cm³/mol. The number of nitriles is 1. The van der Waals surface area contributed by atoms with Crippen molar-refractivity contribution in [3.05, 3.63) is 9.66 Å². The van der Waals surface area contributed by atoms with Crippen LogP contribution in [0.15, 0.2) is 9.66 Å². The van der Waals surface area contributed by atoms with Crippen molar-refractivity contribution >= 4 is 22.6 Å². The molecule has 1 unspecified atom stereocenters. The molecule has 94 valence electrons. The smallest absolute Gasteiger partial charge is 0.0624 e. The highest BCUT2D eigenvalue weighted by atomic mass is 127. The Kier molecular flexibility index (Phi) is 4.18. The molecule has 0 aromatic heterocycles. The molecule has 2 heteroatoms. The molecule has 1 nitrogen and oxygen atoms in total. The summed E-state index contributed by atoms with van der Waals surface area (Å²) in [5.41, 5.74) is 2.16. The number of nitrogens with zero attached hydrogens (tertiary/aromatic N) is 1. The lowest BCUT2D eigenvalue weighted by Gasteiger charge is -2.44. The Labute approximate surface area is 119 Å². The standard InChI is InChI=1S/C15H22IN/c1-11(7-9-17)13-5-6-14-12(10-16)4-3-8-15(13,14)2/h10-11,13-14H,3-8H2,1-2H3/t11-,13-,14?,15-/m1/s1. The van der Waals surface area contributed by atoms with E-state index in [0.717, 1.165) is 18.3 Å². The Morgan fingerprint density at radius 2 is 2.35 bits per heavy atom. The average Bonchev–Trinajstić information content (AvgIpc) is 2.66. The van der Waals surface area contributed by atoms with Crippen molar-refractivity contribution in [2.75, 3.05) is 0 Å². The summed E-state index contributed by atoms with van der Waals surface area (Å²) in [6, 6.07) is 2.37. The topological polar surface area (TPSA) is 23.8 Å². The van der Waals surface area contributed by atoms with Gasteiger partial charge in [0.25, 0.3) is 0 Å². The fourth-order valence-electron chi connectivity index (χ4n) is 4.43. The van der Waals surface area contributed by atoms with E-state index in [-0.39, 0.29) is 0 Å². The van der Waals surface area contributed by atoms with Crippen molar-refractivity contribution in [1.29, 1.82) is 5.26 Å². The largest absolute Gasteiger partial charge is 0.198 e. The number of fused-ring (bicyclic) bond motifs is 1. The van der Waals surface area contributed by atoms with Crippen LogP contribution in [-0.4, -0.2) is 0 Å². The maximum Gasteiger partial charge on any atom is 0.0624 e. The highest BCUT2D eigenvalue weighted by Gasteiger charge is 2.50. The zero-order valence-electron chi connectivity index (χ0n) is 10.9. The fourth-order valence-corrected chi connectivity index (χ4v) is 5.18. The first-order chi connectivity index (χ1) is 8.13. The molecule has 0 saturated heterocycles. The van der Waals surface area contributed by atoms with Gasteiger partial charge in [0.1, 0.15) is 0 Å². The van der Waals surface area contributed by atoms with Gasteiger partial charge in [-0.1, -0.05) is 42.0 Å². The average molecular weight is 343 g/mol. The van der Waals surface area contributed by atoms with E-state index >= 15 is 0 Å². The highest BCUT2D eigenvalue weighted by molar-refractivity contribution is 14.1. The quantitative estimate of drug-likeness (QED) is 0.642. The summed E-state index contributed by atoms with van der Waals surface area (Å²) in [6.45, 7) is 4.77. The Balaban J connectivity index is 2.21. The van der Waals surface area contributed by atoms with E-state index in [9.17, 15) is 0 Å². The predicted octanol–water partition coefficient (Wildman–Crippen LogP) is 5.07. The summed E-state index contributed by atoms with van der Waals surface area (Å²) in [6.07, 6.45) is 7.44. The summed E-state index contributed by atoms with van der Waals surface area (Å²) in [4.78, 5) is 0. The van der Waals surface area contributed by atoms with Gasteiger partial charge in [-0.3, -0.25) is 0 Å². The van der Waals surface area contributed by atoms with Crippen LogP contribution in [0.5, 0.6) is 0 Å². The summed E-state index contributed by atoms with van der Waals surface area (Å²) in [7, 11) is 0. The second-order valence-electron chi connectivity index (χ2n) is 6.12. The summed E-state index contributed by atoms with van der Waals surface area (Å²) >= 11 is 2.42. The number of allylic oxidation sites excluding steroid dienone is 1. The van der Waals surface area contributed by atoms with Gasteiger partial charge < -0.3 is 0 Å². The van der Waals surface area contributed by atoms with E-state index in [1.165, 1.54) is 32.1 Å². The van der Waals surface area contributed by atoms with E-state index in [1.54, 1.807) is 5.57 Å². The Morgan fingerprint density at radius 1 is 1.59 bits per heavy atom. The molecule has 0 aromatic rings. The minimum absolute atomic E-state index is 0.478. The van der Waals surface area contributed by atoms with Crippen molar-refractivity contribution in [2.24, 2.45) is 23.2 Å². The van der Waals surface area contributed by atoms with Crippen LogP contribution in [0.2, 0.25) is 0 Å². The third kappa shape index (κ3) is 2.28. The number of rotatable bonds is 2. The fraction of sp³-hybridized carbons (Fsp3) is 0.800. The van der Waals surface area contributed by atoms with Gasteiger partial charge >= 0.3 is 0 Å². The summed E-state index contributed by atoms with van der Waals surface area (Å²) in [5.74, 6) is 2.14. The van der Waals surface area contributed by atoms with Gasteiger partial charge in [0, 0.05) is 6.42 Å². The first-order valence-electron chi connectivity index (χ1n) is 6.79. The molecule has 2 rings (SSSR count). The van der Waals surface area contributed by atoms with Gasteiger partial charge in [0.2, 0.25) is 0 Å². The number of hydrogen-bond acceptors (Lipinski definition) is 1. The van der Waals surface area contributed by atoms with E-state index in [1.807, 2.05) is 0 Å². The molecule has 4 atom stereocenters. The van der Waals surface area contributed by atoms with Crippen LogP contribution < -0.4 is 0 Å². The lowest BCUT2D eigenvalue weighted by Crippen LogP contribution is -2.35. The van der Waals surface area contributed by atoms with Gasteiger partial charge in [-0.2, -0.15) is 5.26 Å². The third-order valence-corrected chi connectivity index (χ3v) is 6.08.